The van der Waals surface area contributed by atoms with Crippen LogP contribution in [0.25, 0.3) is 0 Å². The van der Waals surface area contributed by atoms with Crippen molar-refractivity contribution < 1.29 is 14.6 Å². The van der Waals surface area contributed by atoms with Gasteiger partial charge in [0, 0.05) is 18.1 Å². The number of carboxylic acids is 1. The van der Waals surface area contributed by atoms with Crippen molar-refractivity contribution in [1.29, 1.82) is 0 Å². The maximum absolute atomic E-state index is 10.8. The second-order valence-corrected chi connectivity index (χ2v) is 5.42. The molecule has 1 aliphatic heterocycles. The van der Waals surface area contributed by atoms with Crippen molar-refractivity contribution in [3.8, 4) is 0 Å². The highest BCUT2D eigenvalue weighted by molar-refractivity contribution is 6.30. The predicted octanol–water partition coefficient (Wildman–Crippen LogP) is 2.40. The van der Waals surface area contributed by atoms with E-state index in [4.69, 9.17) is 21.4 Å². The zero-order valence-corrected chi connectivity index (χ0v) is 11.6. The summed E-state index contributed by atoms with van der Waals surface area (Å²) in [6.45, 7) is 1.54. The first-order valence-corrected chi connectivity index (χ1v) is 6.73. The van der Waals surface area contributed by atoms with E-state index in [1.165, 1.54) is 5.56 Å². The van der Waals surface area contributed by atoms with Gasteiger partial charge >= 0.3 is 5.97 Å². The lowest BCUT2D eigenvalue weighted by Gasteiger charge is -2.21. The molecule has 2 unspecified atom stereocenters. The lowest BCUT2D eigenvalue weighted by atomic mass is 10.1. The first kappa shape index (κ1) is 14.3. The van der Waals surface area contributed by atoms with Gasteiger partial charge in [0.05, 0.1) is 6.10 Å². The molecule has 2 rings (SSSR count). The van der Waals surface area contributed by atoms with Gasteiger partial charge in [-0.2, -0.15) is 0 Å². The van der Waals surface area contributed by atoms with Crippen LogP contribution in [0.2, 0.25) is 5.02 Å². The average molecular weight is 284 g/mol. The van der Waals surface area contributed by atoms with E-state index in [0.717, 1.165) is 24.5 Å². The molecule has 0 saturated carbocycles. The summed E-state index contributed by atoms with van der Waals surface area (Å²) in [6, 6.07) is 7.73. The lowest BCUT2D eigenvalue weighted by Crippen LogP contribution is -2.30. The van der Waals surface area contributed by atoms with Gasteiger partial charge < -0.3 is 9.84 Å². The molecule has 0 spiro atoms. The smallest absolute Gasteiger partial charge is 0.332 e. The first-order valence-electron chi connectivity index (χ1n) is 6.36. The van der Waals surface area contributed by atoms with Gasteiger partial charge in [0.25, 0.3) is 0 Å². The molecule has 1 heterocycles. The Morgan fingerprint density at radius 1 is 1.42 bits per heavy atom. The zero-order valence-electron chi connectivity index (χ0n) is 10.9. The third-order valence-corrected chi connectivity index (χ3v) is 3.52. The van der Waals surface area contributed by atoms with Crippen LogP contribution in [0.15, 0.2) is 24.3 Å². The number of ether oxygens (including phenoxy) is 1. The molecule has 4 nitrogen and oxygen atoms in total. The average Bonchev–Trinajstić information content (AvgIpc) is 2.80. The second-order valence-electron chi connectivity index (χ2n) is 4.99. The summed E-state index contributed by atoms with van der Waals surface area (Å²) in [5.74, 6) is -0.858. The van der Waals surface area contributed by atoms with Crippen molar-refractivity contribution in [2.24, 2.45) is 0 Å². The number of likely N-dealkylation sites (N-methyl/N-ethyl adjacent to an activating group) is 1. The molecule has 0 radical (unpaired) electrons. The van der Waals surface area contributed by atoms with Gasteiger partial charge in [0.1, 0.15) is 0 Å². The number of nitrogens with zero attached hydrogens (tertiary/aromatic N) is 1. The number of aliphatic carboxylic acids is 1. The van der Waals surface area contributed by atoms with Gasteiger partial charge in [-0.1, -0.05) is 23.7 Å². The highest BCUT2D eigenvalue weighted by Crippen LogP contribution is 2.21. The molecule has 0 aromatic heterocycles. The zero-order chi connectivity index (χ0) is 13.8. The van der Waals surface area contributed by atoms with Crippen LogP contribution in [0.5, 0.6) is 0 Å². The molecule has 0 aliphatic carbocycles. The fraction of sp³-hybridized carbons (Fsp3) is 0.500. The van der Waals surface area contributed by atoms with Crippen LogP contribution in [0.1, 0.15) is 18.4 Å². The molecule has 1 fully saturated rings. The van der Waals surface area contributed by atoms with E-state index >= 15 is 0 Å². The number of hydrogen-bond donors (Lipinski definition) is 1. The maximum Gasteiger partial charge on any atom is 0.332 e. The van der Waals surface area contributed by atoms with Crippen molar-refractivity contribution >= 4 is 17.6 Å². The molecule has 0 amide bonds. The van der Waals surface area contributed by atoms with E-state index < -0.39 is 12.1 Å². The highest BCUT2D eigenvalue weighted by atomic mass is 35.5. The van der Waals surface area contributed by atoms with Crippen LogP contribution in [0, 0.1) is 0 Å². The first-order chi connectivity index (χ1) is 9.04. The van der Waals surface area contributed by atoms with Gasteiger partial charge in [-0.25, -0.2) is 4.79 Å². The minimum atomic E-state index is -0.858. The number of hydrogen-bond acceptors (Lipinski definition) is 3. The molecule has 5 heteroatoms. The van der Waals surface area contributed by atoms with Crippen LogP contribution in [0.3, 0.4) is 0 Å². The Balaban J connectivity index is 1.80. The Labute approximate surface area is 117 Å². The fourth-order valence-electron chi connectivity index (χ4n) is 2.34. The van der Waals surface area contributed by atoms with E-state index in [1.807, 2.05) is 31.3 Å². The molecule has 104 valence electrons. The van der Waals surface area contributed by atoms with E-state index in [9.17, 15) is 4.79 Å². The number of benzene rings is 1. The molecular formula is C14H18ClNO3. The standard InChI is InChI=1S/C14H18ClNO3/c1-16(8-10-2-4-11(15)5-3-10)9-12-6-7-13(19-12)14(17)18/h2-5,12-13H,6-9H2,1H3,(H,17,18). The monoisotopic (exact) mass is 283 g/mol. The number of halogens is 1. The Morgan fingerprint density at radius 2 is 2.11 bits per heavy atom. The summed E-state index contributed by atoms with van der Waals surface area (Å²) in [6.07, 6.45) is 0.795. The van der Waals surface area contributed by atoms with Gasteiger partial charge in [-0.3, -0.25) is 4.90 Å². The third-order valence-electron chi connectivity index (χ3n) is 3.26. The van der Waals surface area contributed by atoms with Crippen LogP contribution in [0.4, 0.5) is 0 Å². The highest BCUT2D eigenvalue weighted by Gasteiger charge is 2.30. The van der Waals surface area contributed by atoms with Crippen molar-refractivity contribution in [2.75, 3.05) is 13.6 Å². The van der Waals surface area contributed by atoms with E-state index in [-0.39, 0.29) is 6.10 Å². The normalized spacial score (nSPS) is 22.9. The van der Waals surface area contributed by atoms with Crippen molar-refractivity contribution in [1.82, 2.24) is 4.90 Å². The number of carbonyl (C=O) groups is 1. The van der Waals surface area contributed by atoms with Gasteiger partial charge in [-0.05, 0) is 37.6 Å². The lowest BCUT2D eigenvalue weighted by molar-refractivity contribution is -0.149. The van der Waals surface area contributed by atoms with Gasteiger partial charge in [0.2, 0.25) is 0 Å². The molecule has 1 N–H and O–H groups in total. The number of carboxylic acid groups (broad SMARTS) is 1. The summed E-state index contributed by atoms with van der Waals surface area (Å²) in [5.41, 5.74) is 1.18. The van der Waals surface area contributed by atoms with Gasteiger partial charge in [-0.15, -0.1) is 0 Å². The predicted molar refractivity (Wildman–Crippen MR) is 73.3 cm³/mol. The molecular weight excluding hydrogens is 266 g/mol. The van der Waals surface area contributed by atoms with E-state index in [2.05, 4.69) is 4.90 Å². The van der Waals surface area contributed by atoms with Crippen LogP contribution in [-0.4, -0.2) is 41.8 Å². The summed E-state index contributed by atoms with van der Waals surface area (Å²) < 4.78 is 5.49. The Hall–Kier alpha value is -1.10. The van der Waals surface area contributed by atoms with Crippen LogP contribution < -0.4 is 0 Å². The maximum atomic E-state index is 10.8. The van der Waals surface area contributed by atoms with E-state index in [1.54, 1.807) is 0 Å². The molecule has 0 bridgehead atoms. The summed E-state index contributed by atoms with van der Waals surface area (Å²) in [7, 11) is 2.01. The minimum absolute atomic E-state index is 0.0124. The second kappa shape index (κ2) is 6.37. The number of rotatable bonds is 5. The summed E-state index contributed by atoms with van der Waals surface area (Å²) in [4.78, 5) is 12.9. The quantitative estimate of drug-likeness (QED) is 0.901. The minimum Gasteiger partial charge on any atom is -0.479 e. The molecule has 19 heavy (non-hydrogen) atoms. The van der Waals surface area contributed by atoms with E-state index in [0.29, 0.717) is 6.42 Å². The Morgan fingerprint density at radius 3 is 2.68 bits per heavy atom. The fourth-order valence-corrected chi connectivity index (χ4v) is 2.46. The van der Waals surface area contributed by atoms with Crippen molar-refractivity contribution in [3.05, 3.63) is 34.9 Å². The Bertz CT molecular complexity index is 435. The van der Waals surface area contributed by atoms with Crippen molar-refractivity contribution in [2.45, 2.75) is 31.6 Å². The molecule has 1 aromatic rings. The molecule has 2 atom stereocenters. The third kappa shape index (κ3) is 4.20. The van der Waals surface area contributed by atoms with Crippen molar-refractivity contribution in [3.63, 3.8) is 0 Å². The van der Waals surface area contributed by atoms with Gasteiger partial charge in [0.15, 0.2) is 6.10 Å². The molecule has 1 saturated heterocycles. The molecule has 1 aromatic carbocycles. The SMILES string of the molecule is CN(Cc1ccc(Cl)cc1)CC1CCC(C(=O)O)O1. The largest absolute Gasteiger partial charge is 0.479 e. The molecule has 1 aliphatic rings. The summed E-state index contributed by atoms with van der Waals surface area (Å²) >= 11 is 5.84. The topological polar surface area (TPSA) is 49.8 Å². The van der Waals surface area contributed by atoms with Crippen LogP contribution >= 0.6 is 11.6 Å². The Kier molecular flexibility index (Phi) is 4.80. The van der Waals surface area contributed by atoms with Crippen LogP contribution in [-0.2, 0) is 16.1 Å². The summed E-state index contributed by atoms with van der Waals surface area (Å²) in [5, 5.41) is 9.61.